The molecule has 0 aromatic heterocycles. The Kier molecular flexibility index (Phi) is 7.15. The lowest BCUT2D eigenvalue weighted by molar-refractivity contribution is -0.150. The van der Waals surface area contributed by atoms with E-state index in [0.29, 0.717) is 19.8 Å². The molecule has 0 saturated carbocycles. The molecule has 0 aliphatic rings. The van der Waals surface area contributed by atoms with Crippen molar-refractivity contribution in [2.75, 3.05) is 19.8 Å². The molecule has 0 aliphatic carbocycles. The van der Waals surface area contributed by atoms with Gasteiger partial charge in [0.1, 0.15) is 13.2 Å². The summed E-state index contributed by atoms with van der Waals surface area (Å²) in [5.74, 6) is -0.369. The number of carbonyl (C=O) groups excluding carboxylic acids is 1. The number of ether oxygens (including phenoxy) is 3. The quantitative estimate of drug-likeness (QED) is 0.527. The Morgan fingerprint density at radius 2 is 1.27 bits per heavy atom. The summed E-state index contributed by atoms with van der Waals surface area (Å²) in [4.78, 5) is 11.5. The van der Waals surface area contributed by atoms with Crippen LogP contribution in [0.2, 0.25) is 0 Å². The third kappa shape index (κ3) is 6.52. The molecule has 0 unspecified atom stereocenters. The van der Waals surface area contributed by atoms with Crippen molar-refractivity contribution in [2.45, 2.75) is 13.2 Å². The molecule has 116 valence electrons. The fourth-order valence-corrected chi connectivity index (χ4v) is 1.82. The lowest BCUT2D eigenvalue weighted by atomic mass is 10.2. The van der Waals surface area contributed by atoms with Crippen molar-refractivity contribution in [2.24, 2.45) is 0 Å². The Morgan fingerprint density at radius 3 is 1.91 bits per heavy atom. The van der Waals surface area contributed by atoms with Gasteiger partial charge in [0.05, 0.1) is 19.8 Å². The monoisotopic (exact) mass is 300 g/mol. The first-order chi connectivity index (χ1) is 10.8. The Bertz CT molecular complexity index is 540. The van der Waals surface area contributed by atoms with Gasteiger partial charge in [-0.05, 0) is 11.1 Å². The average Bonchev–Trinajstić information content (AvgIpc) is 2.58. The molecule has 0 heterocycles. The van der Waals surface area contributed by atoms with Crippen LogP contribution in [0.3, 0.4) is 0 Å². The fourth-order valence-electron chi connectivity index (χ4n) is 1.82. The highest BCUT2D eigenvalue weighted by Crippen LogP contribution is 2.01. The molecule has 0 amide bonds. The summed E-state index contributed by atoms with van der Waals surface area (Å²) in [6.07, 6.45) is 0. The van der Waals surface area contributed by atoms with E-state index in [4.69, 9.17) is 14.2 Å². The number of hydrogen-bond acceptors (Lipinski definition) is 4. The van der Waals surface area contributed by atoms with E-state index in [0.717, 1.165) is 11.1 Å². The van der Waals surface area contributed by atoms with Gasteiger partial charge >= 0.3 is 5.97 Å². The van der Waals surface area contributed by atoms with Crippen molar-refractivity contribution in [3.05, 3.63) is 71.8 Å². The number of benzene rings is 2. The highest BCUT2D eigenvalue weighted by molar-refractivity contribution is 5.70. The smallest absolute Gasteiger partial charge is 0.332 e. The second-order valence-corrected chi connectivity index (χ2v) is 4.74. The summed E-state index contributed by atoms with van der Waals surface area (Å²) in [5, 5.41) is 0. The molecule has 2 aromatic carbocycles. The Morgan fingerprint density at radius 1 is 0.727 bits per heavy atom. The number of carbonyl (C=O) groups is 1. The molecular weight excluding hydrogens is 280 g/mol. The van der Waals surface area contributed by atoms with Crippen molar-refractivity contribution >= 4 is 5.97 Å². The zero-order chi connectivity index (χ0) is 15.5. The van der Waals surface area contributed by atoms with E-state index < -0.39 is 0 Å². The lowest BCUT2D eigenvalue weighted by Gasteiger charge is -2.07. The predicted octanol–water partition coefficient (Wildman–Crippen LogP) is 2.96. The van der Waals surface area contributed by atoms with Crippen molar-refractivity contribution in [3.63, 3.8) is 0 Å². The van der Waals surface area contributed by atoms with Gasteiger partial charge in [-0.25, -0.2) is 4.79 Å². The van der Waals surface area contributed by atoms with Crippen LogP contribution in [0.5, 0.6) is 0 Å². The highest BCUT2D eigenvalue weighted by atomic mass is 16.6. The minimum absolute atomic E-state index is 0.0540. The highest BCUT2D eigenvalue weighted by Gasteiger charge is 2.03. The van der Waals surface area contributed by atoms with Gasteiger partial charge < -0.3 is 14.2 Å². The van der Waals surface area contributed by atoms with E-state index in [9.17, 15) is 4.79 Å². The average molecular weight is 300 g/mol. The number of rotatable bonds is 9. The number of hydrogen-bond donors (Lipinski definition) is 0. The van der Waals surface area contributed by atoms with Gasteiger partial charge in [-0.3, -0.25) is 0 Å². The van der Waals surface area contributed by atoms with Crippen molar-refractivity contribution in [3.8, 4) is 0 Å². The van der Waals surface area contributed by atoms with Crippen LogP contribution < -0.4 is 0 Å². The summed E-state index contributed by atoms with van der Waals surface area (Å²) in [5.41, 5.74) is 2.08. The van der Waals surface area contributed by atoms with Crippen LogP contribution >= 0.6 is 0 Å². The maximum atomic E-state index is 11.5. The lowest BCUT2D eigenvalue weighted by Crippen LogP contribution is -2.15. The van der Waals surface area contributed by atoms with E-state index in [-0.39, 0.29) is 19.2 Å². The molecule has 0 aliphatic heterocycles. The summed E-state index contributed by atoms with van der Waals surface area (Å²) in [7, 11) is 0. The molecule has 0 fully saturated rings. The third-order valence-corrected chi connectivity index (χ3v) is 2.95. The van der Waals surface area contributed by atoms with Crippen LogP contribution in [-0.2, 0) is 32.2 Å². The van der Waals surface area contributed by atoms with E-state index in [2.05, 4.69) is 0 Å². The first-order valence-corrected chi connectivity index (χ1v) is 7.23. The topological polar surface area (TPSA) is 44.8 Å². The van der Waals surface area contributed by atoms with Crippen molar-refractivity contribution < 1.29 is 19.0 Å². The first kappa shape index (κ1) is 16.2. The van der Waals surface area contributed by atoms with Crippen LogP contribution in [0.15, 0.2) is 60.7 Å². The predicted molar refractivity (Wildman–Crippen MR) is 83.2 cm³/mol. The second kappa shape index (κ2) is 9.71. The van der Waals surface area contributed by atoms with Gasteiger partial charge in [0.15, 0.2) is 0 Å². The minimum atomic E-state index is -0.369. The fraction of sp³-hybridized carbons (Fsp3) is 0.278. The van der Waals surface area contributed by atoms with Crippen LogP contribution in [-0.4, -0.2) is 25.8 Å². The molecule has 0 spiro atoms. The molecule has 0 saturated heterocycles. The van der Waals surface area contributed by atoms with Crippen LogP contribution in [0, 0.1) is 0 Å². The van der Waals surface area contributed by atoms with Gasteiger partial charge in [0, 0.05) is 0 Å². The van der Waals surface area contributed by atoms with E-state index >= 15 is 0 Å². The van der Waals surface area contributed by atoms with Gasteiger partial charge in [0.2, 0.25) is 0 Å². The molecule has 0 N–H and O–H groups in total. The zero-order valence-electron chi connectivity index (χ0n) is 12.4. The molecular formula is C18H20O4. The minimum Gasteiger partial charge on any atom is -0.459 e. The Hall–Kier alpha value is -2.17. The molecule has 2 rings (SSSR count). The maximum absolute atomic E-state index is 11.5. The molecule has 4 heteroatoms. The molecule has 0 radical (unpaired) electrons. The van der Waals surface area contributed by atoms with Crippen LogP contribution in [0.4, 0.5) is 0 Å². The SMILES string of the molecule is O=C(COCCOCc1ccccc1)OCc1ccccc1. The standard InChI is InChI=1S/C18H20O4/c19-18(22-14-17-9-5-2-6-10-17)15-21-12-11-20-13-16-7-3-1-4-8-16/h1-10H,11-15H2. The molecule has 0 bridgehead atoms. The van der Waals surface area contributed by atoms with Crippen molar-refractivity contribution in [1.29, 1.82) is 0 Å². The van der Waals surface area contributed by atoms with Crippen LogP contribution in [0.1, 0.15) is 11.1 Å². The van der Waals surface area contributed by atoms with Gasteiger partial charge in [-0.2, -0.15) is 0 Å². The van der Waals surface area contributed by atoms with E-state index in [1.165, 1.54) is 0 Å². The summed E-state index contributed by atoms with van der Waals surface area (Å²) >= 11 is 0. The zero-order valence-corrected chi connectivity index (χ0v) is 12.4. The summed E-state index contributed by atoms with van der Waals surface area (Å²) < 4.78 is 15.8. The normalized spacial score (nSPS) is 10.4. The summed E-state index contributed by atoms with van der Waals surface area (Å²) in [6, 6.07) is 19.5. The van der Waals surface area contributed by atoms with Gasteiger partial charge in [0.25, 0.3) is 0 Å². The second-order valence-electron chi connectivity index (χ2n) is 4.74. The summed E-state index contributed by atoms with van der Waals surface area (Å²) in [6.45, 7) is 1.58. The molecule has 0 atom stereocenters. The molecule has 4 nitrogen and oxygen atoms in total. The third-order valence-electron chi connectivity index (χ3n) is 2.95. The van der Waals surface area contributed by atoms with Crippen LogP contribution in [0.25, 0.3) is 0 Å². The van der Waals surface area contributed by atoms with Gasteiger partial charge in [-0.15, -0.1) is 0 Å². The first-order valence-electron chi connectivity index (χ1n) is 7.23. The largest absolute Gasteiger partial charge is 0.459 e. The Balaban J connectivity index is 1.49. The molecule has 22 heavy (non-hydrogen) atoms. The van der Waals surface area contributed by atoms with E-state index in [1.54, 1.807) is 0 Å². The van der Waals surface area contributed by atoms with E-state index in [1.807, 2.05) is 60.7 Å². The van der Waals surface area contributed by atoms with Crippen molar-refractivity contribution in [1.82, 2.24) is 0 Å². The number of esters is 1. The molecule has 2 aromatic rings. The van der Waals surface area contributed by atoms with Gasteiger partial charge in [-0.1, -0.05) is 60.7 Å². The maximum Gasteiger partial charge on any atom is 0.332 e. The Labute approximate surface area is 130 Å².